The molecule has 0 aromatic rings. The number of piperazine rings is 1. The SMILES string of the molecule is CN1CCN(C(=O)[C@H]2CCC[C@@H](F)C2)CC1. The van der Waals surface area contributed by atoms with Crippen molar-refractivity contribution in [1.29, 1.82) is 0 Å². The number of hydrogen-bond donors (Lipinski definition) is 0. The zero-order chi connectivity index (χ0) is 11.5. The summed E-state index contributed by atoms with van der Waals surface area (Å²) in [6.07, 6.45) is 2.09. The highest BCUT2D eigenvalue weighted by atomic mass is 19.1. The van der Waals surface area contributed by atoms with Crippen molar-refractivity contribution < 1.29 is 9.18 Å². The Morgan fingerprint density at radius 3 is 2.50 bits per heavy atom. The molecular weight excluding hydrogens is 207 g/mol. The average molecular weight is 228 g/mol. The number of amides is 1. The van der Waals surface area contributed by atoms with E-state index in [1.807, 2.05) is 4.90 Å². The minimum atomic E-state index is -0.754. The van der Waals surface area contributed by atoms with Gasteiger partial charge in [-0.05, 0) is 32.7 Å². The molecule has 0 aromatic heterocycles. The maximum absolute atomic E-state index is 13.2. The Morgan fingerprint density at radius 1 is 1.19 bits per heavy atom. The molecule has 3 nitrogen and oxygen atoms in total. The molecule has 2 rings (SSSR count). The Hall–Kier alpha value is -0.640. The Morgan fingerprint density at radius 2 is 1.88 bits per heavy atom. The van der Waals surface area contributed by atoms with Crippen LogP contribution in [0.4, 0.5) is 4.39 Å². The van der Waals surface area contributed by atoms with E-state index in [9.17, 15) is 9.18 Å². The Bertz CT molecular complexity index is 251. The summed E-state index contributed by atoms with van der Waals surface area (Å²) in [5, 5.41) is 0. The zero-order valence-corrected chi connectivity index (χ0v) is 9.99. The lowest BCUT2D eigenvalue weighted by Gasteiger charge is -2.36. The summed E-state index contributed by atoms with van der Waals surface area (Å²) >= 11 is 0. The summed E-state index contributed by atoms with van der Waals surface area (Å²) < 4.78 is 13.2. The van der Waals surface area contributed by atoms with Gasteiger partial charge in [0.05, 0.1) is 0 Å². The molecule has 1 saturated heterocycles. The van der Waals surface area contributed by atoms with Crippen LogP contribution >= 0.6 is 0 Å². The Balaban J connectivity index is 1.86. The summed E-state index contributed by atoms with van der Waals surface area (Å²) in [7, 11) is 2.07. The van der Waals surface area contributed by atoms with Crippen LogP contribution < -0.4 is 0 Å². The first-order chi connectivity index (χ1) is 7.66. The van der Waals surface area contributed by atoms with Crippen molar-refractivity contribution in [3.8, 4) is 0 Å². The smallest absolute Gasteiger partial charge is 0.225 e. The highest BCUT2D eigenvalue weighted by Crippen LogP contribution is 2.28. The molecule has 16 heavy (non-hydrogen) atoms. The highest BCUT2D eigenvalue weighted by molar-refractivity contribution is 5.79. The van der Waals surface area contributed by atoms with Crippen LogP contribution in [-0.2, 0) is 4.79 Å². The van der Waals surface area contributed by atoms with Crippen molar-refractivity contribution >= 4 is 5.91 Å². The predicted octanol–water partition coefficient (Wildman–Crippen LogP) is 1.29. The van der Waals surface area contributed by atoms with Gasteiger partial charge in [0.1, 0.15) is 6.17 Å². The third-order valence-corrected chi connectivity index (χ3v) is 3.77. The predicted molar refractivity (Wildman–Crippen MR) is 60.9 cm³/mol. The molecule has 1 heterocycles. The lowest BCUT2D eigenvalue weighted by atomic mass is 9.87. The van der Waals surface area contributed by atoms with Gasteiger partial charge in [0.25, 0.3) is 0 Å². The standard InChI is InChI=1S/C12H21FN2O/c1-14-5-7-15(8-6-14)12(16)10-3-2-4-11(13)9-10/h10-11H,2-9H2,1H3/t10-,11+/m0/s1. The van der Waals surface area contributed by atoms with E-state index in [0.29, 0.717) is 12.8 Å². The molecule has 1 amide bonds. The van der Waals surface area contributed by atoms with Crippen molar-refractivity contribution in [2.75, 3.05) is 33.2 Å². The second-order valence-electron chi connectivity index (χ2n) is 5.09. The van der Waals surface area contributed by atoms with Gasteiger partial charge in [-0.15, -0.1) is 0 Å². The minimum Gasteiger partial charge on any atom is -0.340 e. The summed E-state index contributed by atoms with van der Waals surface area (Å²) in [6.45, 7) is 3.50. The number of alkyl halides is 1. The van der Waals surface area contributed by atoms with Gasteiger partial charge < -0.3 is 9.80 Å². The van der Waals surface area contributed by atoms with Crippen molar-refractivity contribution in [2.45, 2.75) is 31.9 Å². The van der Waals surface area contributed by atoms with Gasteiger partial charge >= 0.3 is 0 Å². The van der Waals surface area contributed by atoms with Gasteiger partial charge in [0.15, 0.2) is 0 Å². The molecule has 0 aromatic carbocycles. The molecule has 0 radical (unpaired) electrons. The number of nitrogens with zero attached hydrogens (tertiary/aromatic N) is 2. The number of carbonyl (C=O) groups is 1. The van der Waals surface area contributed by atoms with Crippen molar-refractivity contribution in [2.24, 2.45) is 5.92 Å². The van der Waals surface area contributed by atoms with Crippen molar-refractivity contribution in [1.82, 2.24) is 9.80 Å². The van der Waals surface area contributed by atoms with Gasteiger partial charge in [-0.3, -0.25) is 4.79 Å². The van der Waals surface area contributed by atoms with Crippen LogP contribution in [0.5, 0.6) is 0 Å². The van der Waals surface area contributed by atoms with Gasteiger partial charge in [-0.25, -0.2) is 4.39 Å². The fourth-order valence-electron chi connectivity index (χ4n) is 2.64. The van der Waals surface area contributed by atoms with Crippen LogP contribution in [0.2, 0.25) is 0 Å². The van der Waals surface area contributed by atoms with Crippen LogP contribution in [-0.4, -0.2) is 55.1 Å². The highest BCUT2D eigenvalue weighted by Gasteiger charge is 2.31. The quantitative estimate of drug-likeness (QED) is 0.675. The molecule has 2 aliphatic rings. The molecule has 4 heteroatoms. The number of carbonyl (C=O) groups excluding carboxylic acids is 1. The van der Waals surface area contributed by atoms with Crippen LogP contribution in [0.1, 0.15) is 25.7 Å². The monoisotopic (exact) mass is 228 g/mol. The molecule has 1 aliphatic heterocycles. The van der Waals surface area contributed by atoms with Crippen LogP contribution in [0.25, 0.3) is 0 Å². The lowest BCUT2D eigenvalue weighted by molar-refractivity contribution is -0.138. The van der Waals surface area contributed by atoms with E-state index < -0.39 is 6.17 Å². The van der Waals surface area contributed by atoms with E-state index in [4.69, 9.17) is 0 Å². The van der Waals surface area contributed by atoms with Gasteiger partial charge in [-0.1, -0.05) is 0 Å². The largest absolute Gasteiger partial charge is 0.340 e. The average Bonchev–Trinajstić information content (AvgIpc) is 2.29. The number of rotatable bonds is 1. The molecule has 0 spiro atoms. The van der Waals surface area contributed by atoms with Gasteiger partial charge in [0.2, 0.25) is 5.91 Å². The first-order valence-electron chi connectivity index (χ1n) is 6.28. The fourth-order valence-corrected chi connectivity index (χ4v) is 2.64. The maximum Gasteiger partial charge on any atom is 0.225 e. The van der Waals surface area contributed by atoms with Crippen LogP contribution in [0.3, 0.4) is 0 Å². The van der Waals surface area contributed by atoms with E-state index >= 15 is 0 Å². The van der Waals surface area contributed by atoms with Gasteiger partial charge in [-0.2, -0.15) is 0 Å². The molecule has 2 fully saturated rings. The molecule has 1 saturated carbocycles. The first-order valence-corrected chi connectivity index (χ1v) is 6.28. The van der Waals surface area contributed by atoms with E-state index in [0.717, 1.165) is 39.0 Å². The second-order valence-corrected chi connectivity index (χ2v) is 5.09. The number of halogens is 1. The van der Waals surface area contributed by atoms with Crippen molar-refractivity contribution in [3.63, 3.8) is 0 Å². The maximum atomic E-state index is 13.2. The molecule has 2 atom stereocenters. The lowest BCUT2D eigenvalue weighted by Crippen LogP contribution is -2.49. The third kappa shape index (κ3) is 2.73. The number of hydrogen-bond acceptors (Lipinski definition) is 2. The molecule has 0 bridgehead atoms. The molecule has 0 N–H and O–H groups in total. The minimum absolute atomic E-state index is 0.0489. The van der Waals surface area contributed by atoms with E-state index in [-0.39, 0.29) is 11.8 Å². The summed E-state index contributed by atoms with van der Waals surface area (Å²) in [6, 6.07) is 0. The topological polar surface area (TPSA) is 23.6 Å². The van der Waals surface area contributed by atoms with Crippen LogP contribution in [0.15, 0.2) is 0 Å². The van der Waals surface area contributed by atoms with Crippen LogP contribution in [0, 0.1) is 5.92 Å². The molecular formula is C12H21FN2O. The zero-order valence-electron chi connectivity index (χ0n) is 9.99. The van der Waals surface area contributed by atoms with Gasteiger partial charge in [0, 0.05) is 32.1 Å². The first kappa shape index (κ1) is 11.8. The molecule has 92 valence electrons. The normalized spacial score (nSPS) is 32.8. The Labute approximate surface area is 96.6 Å². The third-order valence-electron chi connectivity index (χ3n) is 3.77. The number of likely N-dealkylation sites (N-methyl/N-ethyl adjacent to an activating group) is 1. The Kier molecular flexibility index (Phi) is 3.79. The summed E-state index contributed by atoms with van der Waals surface area (Å²) in [5.41, 5.74) is 0. The van der Waals surface area contributed by atoms with E-state index in [1.54, 1.807) is 0 Å². The summed E-state index contributed by atoms with van der Waals surface area (Å²) in [4.78, 5) is 16.3. The summed E-state index contributed by atoms with van der Waals surface area (Å²) in [5.74, 6) is 0.141. The fraction of sp³-hybridized carbons (Fsp3) is 0.917. The molecule has 1 aliphatic carbocycles. The second kappa shape index (κ2) is 5.13. The molecule has 0 unspecified atom stereocenters. The van der Waals surface area contributed by atoms with Crippen molar-refractivity contribution in [3.05, 3.63) is 0 Å². The van der Waals surface area contributed by atoms with E-state index in [1.165, 1.54) is 0 Å². The van der Waals surface area contributed by atoms with E-state index in [2.05, 4.69) is 11.9 Å².